The van der Waals surface area contributed by atoms with Crippen molar-refractivity contribution in [1.82, 2.24) is 0 Å². The topological polar surface area (TPSA) is 66.4 Å². The Kier molecular flexibility index (Phi) is 6.23. The molecule has 0 saturated heterocycles. The minimum absolute atomic E-state index is 0. The van der Waals surface area contributed by atoms with Gasteiger partial charge in [0.25, 0.3) is 0 Å². The molecule has 0 spiro atoms. The molecule has 0 aliphatic heterocycles. The van der Waals surface area contributed by atoms with Crippen LogP contribution >= 0.6 is 0 Å². The van der Waals surface area contributed by atoms with Crippen LogP contribution in [0, 0.1) is 5.82 Å². The van der Waals surface area contributed by atoms with Crippen molar-refractivity contribution < 1.29 is 52.2 Å². The summed E-state index contributed by atoms with van der Waals surface area (Å²) in [4.78, 5) is 10.7. The molecule has 0 heterocycles. The van der Waals surface area contributed by atoms with Crippen molar-refractivity contribution in [3.8, 4) is 0 Å². The molecule has 0 fully saturated rings. The Morgan fingerprint density at radius 3 is 2.60 bits per heavy atom. The minimum Gasteiger partial charge on any atom is -0.768 e. The Balaban J connectivity index is 0.00000196. The summed E-state index contributed by atoms with van der Waals surface area (Å²) in [6, 6.07) is 2.78. The van der Waals surface area contributed by atoms with Gasteiger partial charge in [0.15, 0.2) is 0 Å². The monoisotopic (exact) mass is 240 g/mol. The van der Waals surface area contributed by atoms with Gasteiger partial charge in [-0.05, 0) is 29.3 Å². The van der Waals surface area contributed by atoms with E-state index in [-0.39, 0.29) is 40.0 Å². The van der Waals surface area contributed by atoms with Crippen molar-refractivity contribution >= 4 is 17.0 Å². The maximum atomic E-state index is 12.7. The van der Waals surface area contributed by atoms with Gasteiger partial charge in [0.2, 0.25) is 0 Å². The van der Waals surface area contributed by atoms with Gasteiger partial charge in [-0.15, -0.1) is 0 Å². The molecule has 1 atom stereocenters. The van der Waals surface area contributed by atoms with Crippen LogP contribution in [0.25, 0.3) is 0 Å². The van der Waals surface area contributed by atoms with E-state index in [2.05, 4.69) is 4.74 Å². The second kappa shape index (κ2) is 6.34. The number of esters is 1. The van der Waals surface area contributed by atoms with E-state index >= 15 is 0 Å². The summed E-state index contributed by atoms with van der Waals surface area (Å²) >= 11 is -2.59. The van der Waals surface area contributed by atoms with Crippen LogP contribution in [0.15, 0.2) is 23.1 Å². The van der Waals surface area contributed by atoms with E-state index < -0.39 is 22.9 Å². The number of methoxy groups -OCH3 is 1. The second-order valence-corrected chi connectivity index (χ2v) is 3.28. The molecule has 7 heteroatoms. The standard InChI is InChI=1S/C8H7FO4S.Na/c1-13-8(10)6-4-5(9)2-3-7(6)14(11)12;/h2-4H,1H3,(H,11,12);/q;+1/p-1. The molecule has 0 aliphatic carbocycles. The third-order valence-electron chi connectivity index (χ3n) is 1.53. The van der Waals surface area contributed by atoms with Crippen molar-refractivity contribution in [3.05, 3.63) is 29.6 Å². The molecule has 0 radical (unpaired) electrons. The number of hydrogen-bond acceptors (Lipinski definition) is 4. The van der Waals surface area contributed by atoms with Crippen LogP contribution in [0.2, 0.25) is 0 Å². The average molecular weight is 240 g/mol. The largest absolute Gasteiger partial charge is 1.00 e. The zero-order valence-electron chi connectivity index (χ0n) is 8.15. The zero-order valence-corrected chi connectivity index (χ0v) is 11.0. The summed E-state index contributed by atoms with van der Waals surface area (Å²) < 4.78 is 38.2. The Labute approximate surface area is 110 Å². The fourth-order valence-electron chi connectivity index (χ4n) is 0.917. The van der Waals surface area contributed by atoms with Crippen LogP contribution in [0.4, 0.5) is 4.39 Å². The first-order chi connectivity index (χ1) is 6.56. The second-order valence-electron chi connectivity index (χ2n) is 2.37. The number of carbonyl (C=O) groups excluding carboxylic acids is 1. The van der Waals surface area contributed by atoms with Crippen LogP contribution in [0.5, 0.6) is 0 Å². The van der Waals surface area contributed by atoms with E-state index in [0.29, 0.717) is 0 Å². The molecule has 1 unspecified atom stereocenters. The molecule has 0 saturated carbocycles. The van der Waals surface area contributed by atoms with E-state index in [1.807, 2.05) is 0 Å². The molecule has 76 valence electrons. The molecule has 4 nitrogen and oxygen atoms in total. The molecule has 0 N–H and O–H groups in total. The van der Waals surface area contributed by atoms with E-state index in [1.54, 1.807) is 0 Å². The Morgan fingerprint density at radius 1 is 1.53 bits per heavy atom. The molecule has 0 aliphatic rings. The minimum atomic E-state index is -2.59. The van der Waals surface area contributed by atoms with Crippen molar-refractivity contribution in [1.29, 1.82) is 0 Å². The van der Waals surface area contributed by atoms with Crippen LogP contribution in [-0.4, -0.2) is 21.8 Å². The van der Waals surface area contributed by atoms with Crippen molar-refractivity contribution in [2.45, 2.75) is 4.90 Å². The summed E-state index contributed by atoms with van der Waals surface area (Å²) in [6.07, 6.45) is 0. The van der Waals surface area contributed by atoms with Crippen LogP contribution in [0.1, 0.15) is 10.4 Å². The van der Waals surface area contributed by atoms with Gasteiger partial charge < -0.3 is 9.29 Å². The predicted octanol–water partition coefficient (Wildman–Crippen LogP) is -2.15. The van der Waals surface area contributed by atoms with Gasteiger partial charge in [-0.25, -0.2) is 9.18 Å². The molecule has 1 aromatic rings. The zero-order chi connectivity index (χ0) is 10.7. The third-order valence-corrected chi connectivity index (χ3v) is 2.24. The molecule has 0 bridgehead atoms. The quantitative estimate of drug-likeness (QED) is 0.336. The average Bonchev–Trinajstić information content (AvgIpc) is 2.16. The van der Waals surface area contributed by atoms with Gasteiger partial charge >= 0.3 is 35.5 Å². The summed E-state index contributed by atoms with van der Waals surface area (Å²) in [5.41, 5.74) is -0.305. The van der Waals surface area contributed by atoms with Crippen molar-refractivity contribution in [2.24, 2.45) is 0 Å². The fourth-order valence-corrected chi connectivity index (χ4v) is 1.42. The first kappa shape index (κ1) is 14.7. The summed E-state index contributed by atoms with van der Waals surface area (Å²) in [7, 11) is 1.09. The molecule has 1 aromatic carbocycles. The van der Waals surface area contributed by atoms with Gasteiger partial charge in [0.1, 0.15) is 5.82 Å². The van der Waals surface area contributed by atoms with E-state index in [1.165, 1.54) is 0 Å². The predicted molar refractivity (Wildman–Crippen MR) is 44.9 cm³/mol. The first-order valence-electron chi connectivity index (χ1n) is 3.53. The van der Waals surface area contributed by atoms with E-state index in [9.17, 15) is 17.9 Å². The molecule has 15 heavy (non-hydrogen) atoms. The van der Waals surface area contributed by atoms with Crippen LogP contribution < -0.4 is 29.6 Å². The van der Waals surface area contributed by atoms with Gasteiger partial charge in [0.05, 0.1) is 12.7 Å². The number of ether oxygens (including phenoxy) is 1. The summed E-state index contributed by atoms with van der Waals surface area (Å²) in [5.74, 6) is -1.58. The normalized spacial score (nSPS) is 11.4. The fraction of sp³-hybridized carbons (Fsp3) is 0.125. The van der Waals surface area contributed by atoms with Crippen LogP contribution in [-0.2, 0) is 15.8 Å². The van der Waals surface area contributed by atoms with Gasteiger partial charge in [0, 0.05) is 4.90 Å². The number of halogens is 1. The number of rotatable bonds is 2. The van der Waals surface area contributed by atoms with Crippen molar-refractivity contribution in [2.75, 3.05) is 7.11 Å². The Bertz CT molecular complexity index is 396. The number of benzene rings is 1. The summed E-state index contributed by atoms with van der Waals surface area (Å²) in [5, 5.41) is 0. The third kappa shape index (κ3) is 3.66. The number of carbonyl (C=O) groups is 1. The molecular formula is C8H6FNaO4S. The van der Waals surface area contributed by atoms with Gasteiger partial charge in [-0.1, -0.05) is 0 Å². The molecule has 0 aromatic heterocycles. The maximum Gasteiger partial charge on any atom is 1.00 e. The van der Waals surface area contributed by atoms with E-state index in [0.717, 1.165) is 25.3 Å². The molecule has 1 rings (SSSR count). The van der Waals surface area contributed by atoms with Gasteiger partial charge in [-0.3, -0.25) is 4.21 Å². The Morgan fingerprint density at radius 2 is 2.13 bits per heavy atom. The maximum absolute atomic E-state index is 12.7. The SMILES string of the molecule is COC(=O)c1cc(F)ccc1S(=O)[O-].[Na+]. The van der Waals surface area contributed by atoms with Crippen LogP contribution in [0.3, 0.4) is 0 Å². The van der Waals surface area contributed by atoms with Gasteiger partial charge in [-0.2, -0.15) is 0 Å². The first-order valence-corrected chi connectivity index (χ1v) is 4.61. The Hall–Kier alpha value is -0.270. The molecule has 0 amide bonds. The van der Waals surface area contributed by atoms with E-state index in [4.69, 9.17) is 0 Å². The molecular weight excluding hydrogens is 234 g/mol. The number of hydrogen-bond donors (Lipinski definition) is 0. The van der Waals surface area contributed by atoms with Crippen molar-refractivity contribution in [3.63, 3.8) is 0 Å². The smallest absolute Gasteiger partial charge is 0.768 e. The summed E-state index contributed by atoms with van der Waals surface area (Å²) in [6.45, 7) is 0.